The number of aromatic nitrogens is 1. The highest BCUT2D eigenvalue weighted by molar-refractivity contribution is 6.10. The molecule has 2 aromatic rings. The van der Waals surface area contributed by atoms with E-state index in [1.165, 1.54) is 12.4 Å². The van der Waals surface area contributed by atoms with Crippen LogP contribution in [0.5, 0.6) is 0 Å². The van der Waals surface area contributed by atoms with E-state index >= 15 is 0 Å². The Balaban J connectivity index is 2.32. The fraction of sp³-hybridized carbons (Fsp3) is 0.133. The number of nitrogens with zero attached hydrogens (tertiary/aromatic N) is 2. The van der Waals surface area contributed by atoms with Gasteiger partial charge in [-0.1, -0.05) is 6.07 Å². The zero-order chi connectivity index (χ0) is 14.4. The largest absolute Gasteiger partial charge is 0.462 e. The average Bonchev–Trinajstić information content (AvgIpc) is 2.48. The van der Waals surface area contributed by atoms with Gasteiger partial charge in [-0.15, -0.1) is 0 Å². The number of hydrogen-bond acceptors (Lipinski definition) is 5. The van der Waals surface area contributed by atoms with Crippen LogP contribution in [0.2, 0.25) is 0 Å². The summed E-state index contributed by atoms with van der Waals surface area (Å²) in [5, 5.41) is 0.909. The van der Waals surface area contributed by atoms with Crippen LogP contribution in [0, 0.1) is 0 Å². The predicted octanol–water partition coefficient (Wildman–Crippen LogP) is 2.34. The molecule has 0 fully saturated rings. The number of nitrogens with two attached hydrogens (primary N) is 1. The van der Waals surface area contributed by atoms with E-state index in [-0.39, 0.29) is 5.57 Å². The summed E-state index contributed by atoms with van der Waals surface area (Å²) in [5.41, 5.74) is 7.20. The molecule has 0 aliphatic rings. The lowest BCUT2D eigenvalue weighted by Crippen LogP contribution is -2.10. The first-order chi connectivity index (χ1) is 9.76. The Morgan fingerprint density at radius 2 is 2.25 bits per heavy atom. The lowest BCUT2D eigenvalue weighted by atomic mass is 10.2. The molecule has 2 rings (SSSR count). The molecular weight excluding hydrogens is 254 g/mol. The van der Waals surface area contributed by atoms with Crippen molar-refractivity contribution in [3.63, 3.8) is 0 Å². The Kier molecular flexibility index (Phi) is 4.44. The number of rotatable bonds is 4. The second-order valence-electron chi connectivity index (χ2n) is 3.95. The van der Waals surface area contributed by atoms with Crippen LogP contribution in [0.3, 0.4) is 0 Å². The summed E-state index contributed by atoms with van der Waals surface area (Å²) in [6.45, 7) is 2.03. The Hall–Kier alpha value is -2.69. The van der Waals surface area contributed by atoms with Crippen LogP contribution < -0.4 is 5.73 Å². The maximum absolute atomic E-state index is 11.6. The van der Waals surface area contributed by atoms with Crippen LogP contribution in [0.15, 0.2) is 53.3 Å². The molecular formula is C15H15N3O2. The van der Waals surface area contributed by atoms with Gasteiger partial charge in [0.2, 0.25) is 0 Å². The molecule has 0 aliphatic heterocycles. The lowest BCUT2D eigenvalue weighted by molar-refractivity contribution is -0.137. The molecule has 0 saturated carbocycles. The van der Waals surface area contributed by atoms with E-state index < -0.39 is 5.97 Å². The van der Waals surface area contributed by atoms with Gasteiger partial charge in [0.05, 0.1) is 23.4 Å². The molecule has 0 atom stereocenters. The van der Waals surface area contributed by atoms with E-state index in [0.717, 1.165) is 16.6 Å². The zero-order valence-electron chi connectivity index (χ0n) is 11.1. The van der Waals surface area contributed by atoms with Crippen molar-refractivity contribution in [3.05, 3.63) is 48.3 Å². The van der Waals surface area contributed by atoms with E-state index in [1.807, 2.05) is 30.3 Å². The summed E-state index contributed by atoms with van der Waals surface area (Å²) >= 11 is 0. The quantitative estimate of drug-likeness (QED) is 0.525. The first-order valence-electron chi connectivity index (χ1n) is 6.23. The second-order valence-corrected chi connectivity index (χ2v) is 3.95. The highest BCUT2D eigenvalue weighted by Gasteiger charge is 2.07. The molecule has 20 heavy (non-hydrogen) atoms. The second kappa shape index (κ2) is 6.47. The summed E-state index contributed by atoms with van der Waals surface area (Å²) < 4.78 is 4.88. The van der Waals surface area contributed by atoms with Crippen molar-refractivity contribution < 1.29 is 9.53 Å². The molecule has 1 heterocycles. The normalized spacial score (nSPS) is 11.9. The van der Waals surface area contributed by atoms with Gasteiger partial charge in [-0.05, 0) is 31.2 Å². The molecule has 0 unspecified atom stereocenters. The molecule has 0 amide bonds. The van der Waals surface area contributed by atoms with Crippen LogP contribution in [0.4, 0.5) is 5.69 Å². The minimum atomic E-state index is -0.489. The summed E-state index contributed by atoms with van der Waals surface area (Å²) in [5.74, 6) is -0.489. The fourth-order valence-corrected chi connectivity index (χ4v) is 1.72. The minimum absolute atomic E-state index is 0.216. The fourth-order valence-electron chi connectivity index (χ4n) is 1.72. The molecule has 0 aliphatic carbocycles. The van der Waals surface area contributed by atoms with Gasteiger partial charge in [-0.2, -0.15) is 0 Å². The maximum atomic E-state index is 11.6. The van der Waals surface area contributed by atoms with Crippen molar-refractivity contribution in [2.45, 2.75) is 6.92 Å². The zero-order valence-corrected chi connectivity index (χ0v) is 11.1. The van der Waals surface area contributed by atoms with Crippen LogP contribution in [-0.4, -0.2) is 23.8 Å². The molecule has 1 aromatic carbocycles. The summed E-state index contributed by atoms with van der Waals surface area (Å²) in [6, 6.07) is 9.37. The summed E-state index contributed by atoms with van der Waals surface area (Å²) in [6.07, 6.45) is 4.31. The van der Waals surface area contributed by atoms with E-state index in [9.17, 15) is 4.79 Å². The SMILES string of the molecule is CCOC(=O)C(C=Nc1cccc2ncccc12)=CN. The molecule has 0 spiro atoms. The van der Waals surface area contributed by atoms with Crippen molar-refractivity contribution in [2.75, 3.05) is 6.61 Å². The third-order valence-electron chi connectivity index (χ3n) is 2.66. The highest BCUT2D eigenvalue weighted by atomic mass is 16.5. The average molecular weight is 269 g/mol. The third-order valence-corrected chi connectivity index (χ3v) is 2.66. The number of esters is 1. The van der Waals surface area contributed by atoms with Crippen molar-refractivity contribution >= 4 is 28.8 Å². The minimum Gasteiger partial charge on any atom is -0.462 e. The van der Waals surface area contributed by atoms with Crippen molar-refractivity contribution in [3.8, 4) is 0 Å². The molecule has 0 radical (unpaired) electrons. The Morgan fingerprint density at radius 1 is 1.40 bits per heavy atom. The number of hydrogen-bond donors (Lipinski definition) is 1. The standard InChI is InChI=1S/C15H15N3O2/c1-2-20-15(19)11(9-16)10-18-14-7-3-6-13-12(14)5-4-8-17-13/h3-10H,2,16H2,1H3. The molecule has 0 bridgehead atoms. The number of carbonyl (C=O) groups is 1. The number of pyridine rings is 1. The van der Waals surface area contributed by atoms with E-state index in [4.69, 9.17) is 10.5 Å². The molecule has 5 nitrogen and oxygen atoms in total. The van der Waals surface area contributed by atoms with Crippen LogP contribution >= 0.6 is 0 Å². The van der Waals surface area contributed by atoms with Crippen molar-refractivity contribution in [1.82, 2.24) is 4.98 Å². The van der Waals surface area contributed by atoms with Gasteiger partial charge in [0.25, 0.3) is 0 Å². The van der Waals surface area contributed by atoms with Crippen molar-refractivity contribution in [2.24, 2.45) is 10.7 Å². The third kappa shape index (κ3) is 3.00. The Bertz CT molecular complexity index is 672. The molecule has 0 saturated heterocycles. The number of fused-ring (bicyclic) bond motifs is 1. The van der Waals surface area contributed by atoms with Crippen LogP contribution in [0.25, 0.3) is 10.9 Å². The van der Waals surface area contributed by atoms with Gasteiger partial charge in [0.1, 0.15) is 0 Å². The predicted molar refractivity (Wildman–Crippen MR) is 78.8 cm³/mol. The Labute approximate surface area is 116 Å². The number of carbonyl (C=O) groups excluding carboxylic acids is 1. The number of aliphatic imine (C=N–C) groups is 1. The molecule has 2 N–H and O–H groups in total. The van der Waals surface area contributed by atoms with E-state index in [0.29, 0.717) is 6.61 Å². The topological polar surface area (TPSA) is 77.6 Å². The first-order valence-corrected chi connectivity index (χ1v) is 6.23. The summed E-state index contributed by atoms with van der Waals surface area (Å²) in [4.78, 5) is 20.1. The van der Waals surface area contributed by atoms with Gasteiger partial charge in [0, 0.05) is 24.0 Å². The van der Waals surface area contributed by atoms with E-state index in [2.05, 4.69) is 9.98 Å². The maximum Gasteiger partial charge on any atom is 0.341 e. The van der Waals surface area contributed by atoms with Gasteiger partial charge in [0.15, 0.2) is 0 Å². The molecule has 1 aromatic heterocycles. The van der Waals surface area contributed by atoms with Gasteiger partial charge < -0.3 is 10.5 Å². The van der Waals surface area contributed by atoms with Crippen molar-refractivity contribution in [1.29, 1.82) is 0 Å². The highest BCUT2D eigenvalue weighted by Crippen LogP contribution is 2.23. The van der Waals surface area contributed by atoms with Crippen LogP contribution in [-0.2, 0) is 9.53 Å². The van der Waals surface area contributed by atoms with Gasteiger partial charge >= 0.3 is 5.97 Å². The van der Waals surface area contributed by atoms with Gasteiger partial charge in [-0.3, -0.25) is 9.98 Å². The summed E-state index contributed by atoms with van der Waals surface area (Å²) in [7, 11) is 0. The smallest absolute Gasteiger partial charge is 0.341 e. The molecule has 102 valence electrons. The Morgan fingerprint density at radius 3 is 3.00 bits per heavy atom. The number of ether oxygens (including phenoxy) is 1. The monoisotopic (exact) mass is 269 g/mol. The van der Waals surface area contributed by atoms with Gasteiger partial charge in [-0.25, -0.2) is 4.79 Å². The number of benzene rings is 1. The molecule has 5 heteroatoms. The van der Waals surface area contributed by atoms with Crippen LogP contribution in [0.1, 0.15) is 6.92 Å². The lowest BCUT2D eigenvalue weighted by Gasteiger charge is -2.02. The van der Waals surface area contributed by atoms with E-state index in [1.54, 1.807) is 13.1 Å². The first kappa shape index (κ1) is 13.7.